The number of anilines is 1. The van der Waals surface area contributed by atoms with Gasteiger partial charge in [0.15, 0.2) is 0 Å². The van der Waals surface area contributed by atoms with Crippen LogP contribution in [0.1, 0.15) is 45.4 Å². The largest absolute Gasteiger partial charge is 0.330 e. The Morgan fingerprint density at radius 1 is 1.29 bits per heavy atom. The highest BCUT2D eigenvalue weighted by Gasteiger charge is 2.38. The third-order valence-electron chi connectivity index (χ3n) is 4.45. The number of amides is 1. The van der Waals surface area contributed by atoms with E-state index >= 15 is 0 Å². The van der Waals surface area contributed by atoms with E-state index < -0.39 is 0 Å². The molecule has 1 saturated carbocycles. The lowest BCUT2D eigenvalue weighted by Gasteiger charge is -2.37. The molecule has 1 aliphatic rings. The number of hydrogen-bond donors (Lipinski definition) is 1. The van der Waals surface area contributed by atoms with Crippen LogP contribution in [0.5, 0.6) is 0 Å². The first-order chi connectivity index (χ1) is 10.1. The number of para-hydroxylation sites is 1. The van der Waals surface area contributed by atoms with E-state index in [-0.39, 0.29) is 17.1 Å². The van der Waals surface area contributed by atoms with Crippen LogP contribution in [-0.2, 0) is 4.79 Å². The highest BCUT2D eigenvalue weighted by atomic mass is 19.1. The van der Waals surface area contributed by atoms with Gasteiger partial charge in [-0.2, -0.15) is 0 Å². The first-order valence-electron chi connectivity index (χ1n) is 7.85. The fourth-order valence-corrected chi connectivity index (χ4v) is 3.12. The van der Waals surface area contributed by atoms with Crippen molar-refractivity contribution in [2.24, 2.45) is 11.1 Å². The predicted octanol–water partition coefficient (Wildman–Crippen LogP) is 3.48. The number of nitrogens with two attached hydrogens (primary N) is 1. The van der Waals surface area contributed by atoms with Crippen molar-refractivity contribution in [2.75, 3.05) is 18.0 Å². The van der Waals surface area contributed by atoms with Crippen molar-refractivity contribution in [1.29, 1.82) is 0 Å². The molecule has 1 fully saturated rings. The van der Waals surface area contributed by atoms with Crippen molar-refractivity contribution < 1.29 is 9.18 Å². The van der Waals surface area contributed by atoms with Crippen molar-refractivity contribution in [3.05, 3.63) is 30.1 Å². The van der Waals surface area contributed by atoms with Crippen LogP contribution >= 0.6 is 0 Å². The minimum atomic E-state index is -0.366. The van der Waals surface area contributed by atoms with E-state index in [0.717, 1.165) is 25.7 Å². The average molecular weight is 292 g/mol. The Balaban J connectivity index is 2.27. The number of carbonyl (C=O) groups is 1. The van der Waals surface area contributed by atoms with Gasteiger partial charge in [-0.1, -0.05) is 38.3 Å². The van der Waals surface area contributed by atoms with Crippen LogP contribution in [0.4, 0.5) is 10.1 Å². The van der Waals surface area contributed by atoms with Gasteiger partial charge in [0.25, 0.3) is 0 Å². The summed E-state index contributed by atoms with van der Waals surface area (Å²) in [4.78, 5) is 14.6. The van der Waals surface area contributed by atoms with Gasteiger partial charge in [-0.25, -0.2) is 4.39 Å². The minimum Gasteiger partial charge on any atom is -0.330 e. The minimum absolute atomic E-state index is 0.0424. The molecule has 3 nitrogen and oxygen atoms in total. The van der Waals surface area contributed by atoms with E-state index in [1.54, 1.807) is 23.1 Å². The fraction of sp³-hybridized carbons (Fsp3) is 0.588. The predicted molar refractivity (Wildman–Crippen MR) is 83.6 cm³/mol. The lowest BCUT2D eigenvalue weighted by molar-refractivity contribution is -0.129. The van der Waals surface area contributed by atoms with Gasteiger partial charge in [0.2, 0.25) is 5.91 Å². The smallest absolute Gasteiger partial charge is 0.233 e. The summed E-state index contributed by atoms with van der Waals surface area (Å²) < 4.78 is 14.1. The molecule has 0 bridgehead atoms. The van der Waals surface area contributed by atoms with Crippen molar-refractivity contribution in [2.45, 2.75) is 45.4 Å². The number of halogens is 1. The molecule has 0 atom stereocenters. The molecule has 0 radical (unpaired) electrons. The molecule has 0 spiro atoms. The molecule has 1 aromatic carbocycles. The summed E-state index contributed by atoms with van der Waals surface area (Å²) in [5, 5.41) is 0. The molecule has 1 aromatic rings. The Kier molecular flexibility index (Phi) is 5.34. The number of hydrogen-bond acceptors (Lipinski definition) is 2. The van der Waals surface area contributed by atoms with Crippen LogP contribution in [0.15, 0.2) is 24.3 Å². The molecule has 0 aliphatic heterocycles. The molecule has 0 unspecified atom stereocenters. The second-order valence-electron chi connectivity index (χ2n) is 6.17. The average Bonchev–Trinajstić information content (AvgIpc) is 2.50. The zero-order valence-corrected chi connectivity index (χ0v) is 12.8. The SMILES string of the molecule is CC1(C(=O)N(CCCN)c2ccccc2F)CCCCC1. The van der Waals surface area contributed by atoms with Crippen LogP contribution in [0.3, 0.4) is 0 Å². The highest BCUT2D eigenvalue weighted by molar-refractivity contribution is 5.97. The van der Waals surface area contributed by atoms with E-state index in [2.05, 4.69) is 0 Å². The Labute approximate surface area is 126 Å². The third-order valence-corrected chi connectivity index (χ3v) is 4.45. The van der Waals surface area contributed by atoms with Gasteiger partial charge >= 0.3 is 0 Å². The first-order valence-corrected chi connectivity index (χ1v) is 7.85. The number of carbonyl (C=O) groups excluding carboxylic acids is 1. The third kappa shape index (κ3) is 3.62. The lowest BCUT2D eigenvalue weighted by atomic mass is 9.74. The van der Waals surface area contributed by atoms with Crippen molar-refractivity contribution >= 4 is 11.6 Å². The summed E-state index contributed by atoms with van der Waals surface area (Å²) in [6, 6.07) is 6.49. The Bertz CT molecular complexity index is 483. The van der Waals surface area contributed by atoms with E-state index in [4.69, 9.17) is 5.73 Å². The summed E-state index contributed by atoms with van der Waals surface area (Å²) in [5.74, 6) is -0.303. The summed E-state index contributed by atoms with van der Waals surface area (Å²) in [6.45, 7) is 2.99. The lowest BCUT2D eigenvalue weighted by Crippen LogP contribution is -2.45. The molecule has 2 rings (SSSR count). The van der Waals surface area contributed by atoms with E-state index in [1.165, 1.54) is 12.5 Å². The Hall–Kier alpha value is -1.42. The quantitative estimate of drug-likeness (QED) is 0.903. The van der Waals surface area contributed by atoms with Crippen LogP contribution in [0, 0.1) is 11.2 Å². The highest BCUT2D eigenvalue weighted by Crippen LogP contribution is 2.38. The van der Waals surface area contributed by atoms with Gasteiger partial charge in [-0.15, -0.1) is 0 Å². The molecule has 0 aromatic heterocycles. The maximum absolute atomic E-state index is 14.1. The standard InChI is InChI=1S/C17H25FN2O/c1-17(10-5-2-6-11-17)16(21)20(13-7-12-19)15-9-4-3-8-14(15)18/h3-4,8-9H,2,5-7,10-13,19H2,1H3. The van der Waals surface area contributed by atoms with E-state index in [0.29, 0.717) is 25.2 Å². The van der Waals surface area contributed by atoms with Gasteiger partial charge < -0.3 is 10.6 Å². The summed E-state index contributed by atoms with van der Waals surface area (Å²) in [5.41, 5.74) is 5.58. The zero-order valence-electron chi connectivity index (χ0n) is 12.8. The number of nitrogens with zero attached hydrogens (tertiary/aromatic N) is 1. The molecular weight excluding hydrogens is 267 g/mol. The molecular formula is C17H25FN2O. The van der Waals surface area contributed by atoms with Crippen LogP contribution in [-0.4, -0.2) is 19.0 Å². The number of rotatable bonds is 5. The molecule has 0 heterocycles. The molecule has 2 N–H and O–H groups in total. The van der Waals surface area contributed by atoms with Crippen LogP contribution < -0.4 is 10.6 Å². The van der Waals surface area contributed by atoms with Crippen LogP contribution in [0.2, 0.25) is 0 Å². The molecule has 116 valence electrons. The van der Waals surface area contributed by atoms with Gasteiger partial charge in [0.05, 0.1) is 5.69 Å². The van der Waals surface area contributed by atoms with E-state index in [9.17, 15) is 9.18 Å². The fourth-order valence-electron chi connectivity index (χ4n) is 3.12. The van der Waals surface area contributed by atoms with Gasteiger partial charge in [-0.3, -0.25) is 4.79 Å². The van der Waals surface area contributed by atoms with Crippen LogP contribution in [0.25, 0.3) is 0 Å². The van der Waals surface area contributed by atoms with Gasteiger partial charge in [0, 0.05) is 12.0 Å². The van der Waals surface area contributed by atoms with Crippen molar-refractivity contribution in [3.63, 3.8) is 0 Å². The maximum Gasteiger partial charge on any atom is 0.233 e. The monoisotopic (exact) mass is 292 g/mol. The van der Waals surface area contributed by atoms with Crippen molar-refractivity contribution in [3.8, 4) is 0 Å². The first kappa shape index (κ1) is 16.0. The summed E-state index contributed by atoms with van der Waals surface area (Å²) in [6.07, 6.45) is 5.79. The molecule has 4 heteroatoms. The Morgan fingerprint density at radius 3 is 2.57 bits per heavy atom. The normalized spacial score (nSPS) is 17.5. The second-order valence-corrected chi connectivity index (χ2v) is 6.17. The Morgan fingerprint density at radius 2 is 1.95 bits per heavy atom. The maximum atomic E-state index is 14.1. The molecule has 21 heavy (non-hydrogen) atoms. The molecule has 1 aliphatic carbocycles. The van der Waals surface area contributed by atoms with Gasteiger partial charge in [0.1, 0.15) is 5.82 Å². The topological polar surface area (TPSA) is 46.3 Å². The van der Waals surface area contributed by atoms with Gasteiger partial charge in [-0.05, 0) is 37.9 Å². The zero-order chi connectivity index (χ0) is 15.3. The summed E-state index contributed by atoms with van der Waals surface area (Å²) >= 11 is 0. The second kappa shape index (κ2) is 7.03. The van der Waals surface area contributed by atoms with E-state index in [1.807, 2.05) is 6.92 Å². The number of benzene rings is 1. The van der Waals surface area contributed by atoms with Crippen molar-refractivity contribution in [1.82, 2.24) is 0 Å². The molecule has 0 saturated heterocycles. The molecule has 1 amide bonds. The summed E-state index contributed by atoms with van der Waals surface area (Å²) in [7, 11) is 0.